The third-order valence-corrected chi connectivity index (χ3v) is 5.34. The van der Waals surface area contributed by atoms with Crippen LogP contribution >= 0.6 is 0 Å². The van der Waals surface area contributed by atoms with E-state index in [9.17, 15) is 4.79 Å². The number of aromatic nitrogens is 1. The number of carbonyl (C=O) groups excluding carboxylic acids is 1. The largest absolute Gasteiger partial charge is 0.351 e. The quantitative estimate of drug-likeness (QED) is 0.922. The smallest absolute Gasteiger partial charge is 0.292 e. The maximum Gasteiger partial charge on any atom is 0.292 e. The number of benzene rings is 1. The molecule has 1 aromatic carbocycles. The van der Waals surface area contributed by atoms with Gasteiger partial charge in [-0.2, -0.15) is 0 Å². The van der Waals surface area contributed by atoms with Gasteiger partial charge in [0.15, 0.2) is 0 Å². The highest BCUT2D eigenvalue weighted by atomic mass is 16.5. The van der Waals surface area contributed by atoms with Gasteiger partial charge in [-0.1, -0.05) is 48.3 Å². The van der Waals surface area contributed by atoms with E-state index in [1.165, 1.54) is 31.0 Å². The lowest BCUT2D eigenvalue weighted by Gasteiger charge is -2.30. The molecular weight excluding hydrogens is 302 g/mol. The minimum absolute atomic E-state index is 0.0386. The van der Waals surface area contributed by atoms with Crippen LogP contribution in [0.25, 0.3) is 0 Å². The molecular formula is C19H23N3O2. The molecule has 0 unspecified atom stereocenters. The number of carbonyl (C=O) groups is 1. The van der Waals surface area contributed by atoms with Gasteiger partial charge in [-0.3, -0.25) is 4.79 Å². The average Bonchev–Trinajstić information content (AvgIpc) is 3.23. The van der Waals surface area contributed by atoms with Crippen molar-refractivity contribution in [2.75, 3.05) is 13.1 Å². The number of hydrogen-bond donors (Lipinski definition) is 1. The van der Waals surface area contributed by atoms with Gasteiger partial charge in [-0.15, -0.1) is 0 Å². The van der Waals surface area contributed by atoms with Gasteiger partial charge in [0.2, 0.25) is 5.76 Å². The van der Waals surface area contributed by atoms with Crippen molar-refractivity contribution in [1.82, 2.24) is 15.4 Å². The van der Waals surface area contributed by atoms with Crippen LogP contribution in [-0.4, -0.2) is 41.1 Å². The molecule has 5 heteroatoms. The van der Waals surface area contributed by atoms with E-state index < -0.39 is 0 Å². The molecule has 2 aliphatic heterocycles. The highest BCUT2D eigenvalue weighted by molar-refractivity contribution is 5.92. The standard InChI is InChI=1S/C19H23N3O2/c23-19(17-10-12-21-24-17)22-13-15(14-7-3-1-4-8-14)18-16(22)9-5-2-6-11-20-18/h1,3-4,7-8,10,12,15-16,18,20H,2,5-6,9,11,13H2/t15-,16-,18-/m0/s1. The van der Waals surface area contributed by atoms with Crippen molar-refractivity contribution in [3.8, 4) is 0 Å². The van der Waals surface area contributed by atoms with Crippen molar-refractivity contribution in [3.63, 3.8) is 0 Å². The Morgan fingerprint density at radius 3 is 2.83 bits per heavy atom. The summed E-state index contributed by atoms with van der Waals surface area (Å²) in [5, 5.41) is 7.41. The summed E-state index contributed by atoms with van der Waals surface area (Å²) in [7, 11) is 0. The van der Waals surface area contributed by atoms with E-state index in [0.717, 1.165) is 19.5 Å². The molecule has 0 aliphatic carbocycles. The summed E-state index contributed by atoms with van der Waals surface area (Å²) in [6.45, 7) is 1.75. The van der Waals surface area contributed by atoms with E-state index in [1.54, 1.807) is 6.07 Å². The van der Waals surface area contributed by atoms with Crippen molar-refractivity contribution in [2.45, 2.75) is 43.7 Å². The summed E-state index contributed by atoms with van der Waals surface area (Å²) in [5.74, 6) is 0.619. The van der Waals surface area contributed by atoms with Gasteiger partial charge in [0.05, 0.1) is 6.20 Å². The van der Waals surface area contributed by atoms with E-state index in [4.69, 9.17) is 4.52 Å². The molecule has 3 atom stereocenters. The first-order valence-electron chi connectivity index (χ1n) is 8.84. The van der Waals surface area contributed by atoms with Crippen LogP contribution in [0.2, 0.25) is 0 Å². The zero-order chi connectivity index (χ0) is 16.4. The first kappa shape index (κ1) is 15.4. The first-order valence-corrected chi connectivity index (χ1v) is 8.84. The van der Waals surface area contributed by atoms with Gasteiger partial charge < -0.3 is 14.7 Å². The van der Waals surface area contributed by atoms with Crippen LogP contribution in [0.1, 0.15) is 47.7 Å². The van der Waals surface area contributed by atoms with Gasteiger partial charge in [-0.05, 0) is 24.9 Å². The van der Waals surface area contributed by atoms with Crippen LogP contribution in [0.3, 0.4) is 0 Å². The van der Waals surface area contributed by atoms with Crippen LogP contribution in [0.4, 0.5) is 0 Å². The van der Waals surface area contributed by atoms with Gasteiger partial charge in [0.1, 0.15) is 0 Å². The summed E-state index contributed by atoms with van der Waals surface area (Å²) in [5.41, 5.74) is 1.30. The third kappa shape index (κ3) is 2.84. The molecule has 2 fully saturated rings. The zero-order valence-corrected chi connectivity index (χ0v) is 13.7. The van der Waals surface area contributed by atoms with E-state index in [-0.39, 0.29) is 11.9 Å². The molecule has 126 valence electrons. The maximum absolute atomic E-state index is 12.9. The second kappa shape index (κ2) is 6.77. The Morgan fingerprint density at radius 1 is 1.17 bits per heavy atom. The Bertz CT molecular complexity index is 671. The molecule has 0 radical (unpaired) electrons. The molecule has 2 aromatic rings. The van der Waals surface area contributed by atoms with E-state index >= 15 is 0 Å². The fourth-order valence-electron chi connectivity index (χ4n) is 4.17. The number of rotatable bonds is 2. The number of likely N-dealkylation sites (tertiary alicyclic amines) is 1. The van der Waals surface area contributed by atoms with Crippen LogP contribution in [0.15, 0.2) is 47.1 Å². The van der Waals surface area contributed by atoms with E-state index in [2.05, 4.69) is 34.7 Å². The van der Waals surface area contributed by atoms with Crippen molar-refractivity contribution < 1.29 is 9.32 Å². The molecule has 5 nitrogen and oxygen atoms in total. The molecule has 4 rings (SSSR count). The van der Waals surface area contributed by atoms with Gasteiger partial charge in [0.25, 0.3) is 5.91 Å². The van der Waals surface area contributed by atoms with Crippen molar-refractivity contribution >= 4 is 5.91 Å². The fourth-order valence-corrected chi connectivity index (χ4v) is 4.17. The minimum atomic E-state index is -0.0386. The van der Waals surface area contributed by atoms with Crippen molar-refractivity contribution in [1.29, 1.82) is 0 Å². The Kier molecular flexibility index (Phi) is 4.34. The average molecular weight is 325 g/mol. The molecule has 1 N–H and O–H groups in total. The Morgan fingerprint density at radius 2 is 2.04 bits per heavy atom. The third-order valence-electron chi connectivity index (χ3n) is 5.34. The number of fused-ring (bicyclic) bond motifs is 1. The lowest BCUT2D eigenvalue weighted by molar-refractivity contribution is 0.0671. The summed E-state index contributed by atoms with van der Waals surface area (Å²) >= 11 is 0. The van der Waals surface area contributed by atoms with Crippen molar-refractivity contribution in [2.24, 2.45) is 0 Å². The molecule has 24 heavy (non-hydrogen) atoms. The van der Waals surface area contributed by atoms with Crippen LogP contribution in [-0.2, 0) is 0 Å². The lowest BCUT2D eigenvalue weighted by atomic mass is 9.88. The van der Waals surface area contributed by atoms with Gasteiger partial charge in [-0.25, -0.2) is 0 Å². The van der Waals surface area contributed by atoms with Crippen LogP contribution in [0, 0.1) is 0 Å². The Labute approximate surface area is 142 Å². The molecule has 0 saturated carbocycles. The van der Waals surface area contributed by atoms with Gasteiger partial charge >= 0.3 is 0 Å². The molecule has 1 amide bonds. The molecule has 3 heterocycles. The second-order valence-corrected chi connectivity index (χ2v) is 6.75. The lowest BCUT2D eigenvalue weighted by Crippen LogP contribution is -2.46. The number of hydrogen-bond acceptors (Lipinski definition) is 4. The van der Waals surface area contributed by atoms with E-state index in [0.29, 0.717) is 17.7 Å². The van der Waals surface area contributed by atoms with Crippen molar-refractivity contribution in [3.05, 3.63) is 53.9 Å². The van der Waals surface area contributed by atoms with Gasteiger partial charge in [0, 0.05) is 30.6 Å². The summed E-state index contributed by atoms with van der Waals surface area (Å²) < 4.78 is 5.12. The van der Waals surface area contributed by atoms with Crippen LogP contribution in [0.5, 0.6) is 0 Å². The predicted octanol–water partition coefficient (Wildman–Crippen LogP) is 2.82. The number of nitrogens with one attached hydrogen (secondary N) is 1. The zero-order valence-electron chi connectivity index (χ0n) is 13.7. The highest BCUT2D eigenvalue weighted by Crippen LogP contribution is 2.36. The topological polar surface area (TPSA) is 58.4 Å². The number of amides is 1. The summed E-state index contributed by atoms with van der Waals surface area (Å²) in [6.07, 6.45) is 6.18. The predicted molar refractivity (Wildman–Crippen MR) is 90.8 cm³/mol. The Hall–Kier alpha value is -2.14. The molecule has 2 saturated heterocycles. The van der Waals surface area contributed by atoms with Crippen LogP contribution < -0.4 is 5.32 Å². The minimum Gasteiger partial charge on any atom is -0.351 e. The normalized spacial score (nSPS) is 27.3. The maximum atomic E-state index is 12.9. The summed E-state index contributed by atoms with van der Waals surface area (Å²) in [6, 6.07) is 12.7. The summed E-state index contributed by atoms with van der Waals surface area (Å²) in [4.78, 5) is 14.9. The molecule has 0 spiro atoms. The monoisotopic (exact) mass is 325 g/mol. The highest BCUT2D eigenvalue weighted by Gasteiger charge is 2.44. The molecule has 0 bridgehead atoms. The Balaban J connectivity index is 1.65. The SMILES string of the molecule is O=C(c1ccno1)N1C[C@@H](c2ccccc2)[C@@H]2NCCCCC[C@@H]21. The molecule has 2 aliphatic rings. The molecule has 1 aromatic heterocycles. The van der Waals surface area contributed by atoms with E-state index in [1.807, 2.05) is 11.0 Å². The first-order chi connectivity index (χ1) is 11.8. The fraction of sp³-hybridized carbons (Fsp3) is 0.474. The second-order valence-electron chi connectivity index (χ2n) is 6.75. The number of nitrogens with zero attached hydrogens (tertiary/aromatic N) is 2.